The van der Waals surface area contributed by atoms with Gasteiger partial charge in [-0.15, -0.1) is 0 Å². The molecule has 4 heteroatoms. The molecule has 1 amide bonds. The van der Waals surface area contributed by atoms with Gasteiger partial charge in [0.2, 0.25) is 0 Å². The molecule has 0 radical (unpaired) electrons. The van der Waals surface area contributed by atoms with E-state index >= 15 is 0 Å². The van der Waals surface area contributed by atoms with Gasteiger partial charge in [0.25, 0.3) is 5.91 Å². The number of nitrogens with zero attached hydrogens (tertiary/aromatic N) is 2. The fourth-order valence-corrected chi connectivity index (χ4v) is 2.88. The fraction of sp³-hybridized carbons (Fsp3) is 0.278. The third kappa shape index (κ3) is 3.09. The first kappa shape index (κ1) is 14.9. The molecule has 22 heavy (non-hydrogen) atoms. The quantitative estimate of drug-likeness (QED) is 0.845. The topological polar surface area (TPSA) is 23.6 Å². The third-order valence-electron chi connectivity index (χ3n) is 4.11. The van der Waals surface area contributed by atoms with E-state index < -0.39 is 0 Å². The monoisotopic (exact) mass is 314 g/mol. The summed E-state index contributed by atoms with van der Waals surface area (Å²) in [5.41, 5.74) is 2.97. The van der Waals surface area contributed by atoms with E-state index in [4.69, 9.17) is 11.6 Å². The smallest absolute Gasteiger partial charge is 0.253 e. The Balaban J connectivity index is 1.65. The molecule has 2 aromatic carbocycles. The minimum absolute atomic E-state index is 0.113. The van der Waals surface area contributed by atoms with E-state index in [9.17, 15) is 4.79 Å². The van der Waals surface area contributed by atoms with Crippen LogP contribution >= 0.6 is 11.6 Å². The molecule has 0 spiro atoms. The molecule has 0 aliphatic carbocycles. The number of aryl methyl sites for hydroxylation is 1. The molecule has 0 saturated carbocycles. The van der Waals surface area contributed by atoms with Gasteiger partial charge in [0, 0.05) is 42.5 Å². The minimum Gasteiger partial charge on any atom is -0.368 e. The standard InChI is InChI=1S/C18H19ClN2O/c1-14-7-8-16(13-17(14)19)20-9-11-21(12-10-20)18(22)15-5-3-2-4-6-15/h2-8,13H,9-12H2,1H3. The summed E-state index contributed by atoms with van der Waals surface area (Å²) in [5, 5.41) is 0.792. The molecular formula is C18H19ClN2O. The Bertz CT molecular complexity index is 664. The second-order valence-electron chi connectivity index (χ2n) is 5.58. The van der Waals surface area contributed by atoms with Crippen LogP contribution < -0.4 is 4.90 Å². The molecule has 0 aromatic heterocycles. The Labute approximate surface area is 136 Å². The van der Waals surface area contributed by atoms with Gasteiger partial charge in [-0.2, -0.15) is 0 Å². The summed E-state index contributed by atoms with van der Waals surface area (Å²) >= 11 is 6.20. The number of anilines is 1. The lowest BCUT2D eigenvalue weighted by molar-refractivity contribution is 0.0747. The zero-order valence-corrected chi connectivity index (χ0v) is 13.4. The molecule has 1 aliphatic heterocycles. The molecule has 3 nitrogen and oxygen atoms in total. The maximum absolute atomic E-state index is 12.4. The van der Waals surface area contributed by atoms with Crippen molar-refractivity contribution in [2.45, 2.75) is 6.92 Å². The minimum atomic E-state index is 0.113. The maximum atomic E-state index is 12.4. The summed E-state index contributed by atoms with van der Waals surface area (Å²) < 4.78 is 0. The largest absolute Gasteiger partial charge is 0.368 e. The predicted molar refractivity (Wildman–Crippen MR) is 90.7 cm³/mol. The van der Waals surface area contributed by atoms with Crippen LogP contribution in [0, 0.1) is 6.92 Å². The Morgan fingerprint density at radius 3 is 2.32 bits per heavy atom. The summed E-state index contributed by atoms with van der Waals surface area (Å²) in [6.07, 6.45) is 0. The maximum Gasteiger partial charge on any atom is 0.253 e. The van der Waals surface area contributed by atoms with Crippen molar-refractivity contribution in [3.05, 3.63) is 64.7 Å². The molecular weight excluding hydrogens is 296 g/mol. The highest BCUT2D eigenvalue weighted by atomic mass is 35.5. The highest BCUT2D eigenvalue weighted by molar-refractivity contribution is 6.31. The van der Waals surface area contributed by atoms with Gasteiger partial charge in [-0.1, -0.05) is 35.9 Å². The fourth-order valence-electron chi connectivity index (χ4n) is 2.71. The summed E-state index contributed by atoms with van der Waals surface area (Å²) in [4.78, 5) is 16.6. The van der Waals surface area contributed by atoms with Gasteiger partial charge in [-0.05, 0) is 36.8 Å². The zero-order valence-electron chi connectivity index (χ0n) is 12.6. The lowest BCUT2D eigenvalue weighted by Crippen LogP contribution is -2.48. The number of carbonyl (C=O) groups is 1. The van der Waals surface area contributed by atoms with Crippen molar-refractivity contribution in [2.24, 2.45) is 0 Å². The summed E-state index contributed by atoms with van der Waals surface area (Å²) in [6.45, 7) is 5.14. The predicted octanol–water partition coefficient (Wildman–Crippen LogP) is 3.61. The van der Waals surface area contributed by atoms with E-state index in [1.807, 2.05) is 54.3 Å². The van der Waals surface area contributed by atoms with Gasteiger partial charge in [0.05, 0.1) is 0 Å². The van der Waals surface area contributed by atoms with E-state index in [-0.39, 0.29) is 5.91 Å². The normalized spacial score (nSPS) is 15.0. The molecule has 0 N–H and O–H groups in total. The number of amides is 1. The van der Waals surface area contributed by atoms with Crippen LogP contribution in [0.2, 0.25) is 5.02 Å². The molecule has 1 heterocycles. The van der Waals surface area contributed by atoms with Crippen molar-refractivity contribution in [3.8, 4) is 0 Å². The SMILES string of the molecule is Cc1ccc(N2CCN(C(=O)c3ccccc3)CC2)cc1Cl. The molecule has 2 aromatic rings. The number of benzene rings is 2. The lowest BCUT2D eigenvalue weighted by Gasteiger charge is -2.36. The van der Waals surface area contributed by atoms with Gasteiger partial charge < -0.3 is 9.80 Å². The van der Waals surface area contributed by atoms with E-state index in [0.717, 1.165) is 48.0 Å². The number of carbonyl (C=O) groups excluding carboxylic acids is 1. The van der Waals surface area contributed by atoms with Gasteiger partial charge in [-0.25, -0.2) is 0 Å². The van der Waals surface area contributed by atoms with Crippen molar-refractivity contribution >= 4 is 23.2 Å². The number of hydrogen-bond acceptors (Lipinski definition) is 2. The van der Waals surface area contributed by atoms with Gasteiger partial charge in [0.15, 0.2) is 0 Å². The van der Waals surface area contributed by atoms with Crippen molar-refractivity contribution in [1.82, 2.24) is 4.90 Å². The van der Waals surface area contributed by atoms with Crippen molar-refractivity contribution in [2.75, 3.05) is 31.1 Å². The van der Waals surface area contributed by atoms with Gasteiger partial charge in [-0.3, -0.25) is 4.79 Å². The lowest BCUT2D eigenvalue weighted by atomic mass is 10.1. The molecule has 114 valence electrons. The third-order valence-corrected chi connectivity index (χ3v) is 4.52. The molecule has 3 rings (SSSR count). The second-order valence-corrected chi connectivity index (χ2v) is 5.99. The Hall–Kier alpha value is -2.00. The van der Waals surface area contributed by atoms with Crippen LogP contribution in [0.4, 0.5) is 5.69 Å². The molecule has 0 bridgehead atoms. The average molecular weight is 315 g/mol. The Morgan fingerprint density at radius 1 is 1.00 bits per heavy atom. The van der Waals surface area contributed by atoms with Gasteiger partial charge >= 0.3 is 0 Å². The van der Waals surface area contributed by atoms with Crippen LogP contribution in [0.5, 0.6) is 0 Å². The first-order valence-electron chi connectivity index (χ1n) is 7.50. The first-order chi connectivity index (χ1) is 10.6. The molecule has 0 atom stereocenters. The van der Waals surface area contributed by atoms with Crippen LogP contribution in [0.3, 0.4) is 0 Å². The van der Waals surface area contributed by atoms with Crippen LogP contribution in [0.1, 0.15) is 15.9 Å². The second kappa shape index (κ2) is 6.41. The molecule has 0 unspecified atom stereocenters. The number of piperazine rings is 1. The van der Waals surface area contributed by atoms with Crippen LogP contribution in [0.15, 0.2) is 48.5 Å². The molecule has 1 fully saturated rings. The highest BCUT2D eigenvalue weighted by Crippen LogP contribution is 2.24. The highest BCUT2D eigenvalue weighted by Gasteiger charge is 2.22. The number of rotatable bonds is 2. The van der Waals surface area contributed by atoms with Crippen molar-refractivity contribution in [1.29, 1.82) is 0 Å². The molecule has 1 aliphatic rings. The summed E-state index contributed by atoms with van der Waals surface area (Å²) in [7, 11) is 0. The first-order valence-corrected chi connectivity index (χ1v) is 7.88. The van der Waals surface area contributed by atoms with Gasteiger partial charge in [0.1, 0.15) is 0 Å². The number of hydrogen-bond donors (Lipinski definition) is 0. The van der Waals surface area contributed by atoms with Crippen LogP contribution in [-0.2, 0) is 0 Å². The van der Waals surface area contributed by atoms with E-state index in [1.54, 1.807) is 0 Å². The average Bonchev–Trinajstić information content (AvgIpc) is 2.58. The van der Waals surface area contributed by atoms with Crippen LogP contribution in [0.25, 0.3) is 0 Å². The molecule has 1 saturated heterocycles. The van der Waals surface area contributed by atoms with E-state index in [0.29, 0.717) is 0 Å². The summed E-state index contributed by atoms with van der Waals surface area (Å²) in [5.74, 6) is 0.113. The van der Waals surface area contributed by atoms with E-state index in [2.05, 4.69) is 11.0 Å². The zero-order chi connectivity index (χ0) is 15.5. The Morgan fingerprint density at radius 2 is 1.68 bits per heavy atom. The Kier molecular flexibility index (Phi) is 4.34. The van der Waals surface area contributed by atoms with Crippen molar-refractivity contribution in [3.63, 3.8) is 0 Å². The van der Waals surface area contributed by atoms with Crippen molar-refractivity contribution < 1.29 is 4.79 Å². The summed E-state index contributed by atoms with van der Waals surface area (Å²) in [6, 6.07) is 15.6. The van der Waals surface area contributed by atoms with E-state index in [1.165, 1.54) is 0 Å². The van der Waals surface area contributed by atoms with Crippen LogP contribution in [-0.4, -0.2) is 37.0 Å². The number of halogens is 1.